The Labute approximate surface area is 55.5 Å². The van der Waals surface area contributed by atoms with Gasteiger partial charge in [-0.15, -0.1) is 0 Å². The Morgan fingerprint density at radius 1 is 1.67 bits per heavy atom. The van der Waals surface area contributed by atoms with Gasteiger partial charge in [0.25, 0.3) is 5.82 Å². The van der Waals surface area contributed by atoms with E-state index in [-0.39, 0.29) is 0 Å². The SMILES string of the molecule is CCc1[nH]cc(C)[n+]1C. The van der Waals surface area contributed by atoms with Crippen LogP contribution in [0.3, 0.4) is 0 Å². The molecule has 1 N–H and O–H groups in total. The maximum Gasteiger partial charge on any atom is 0.253 e. The average molecular weight is 125 g/mol. The minimum Gasteiger partial charge on any atom is -0.247 e. The number of hydrogen-bond donors (Lipinski definition) is 1. The zero-order valence-electron chi connectivity index (χ0n) is 6.23. The van der Waals surface area contributed by atoms with Gasteiger partial charge < -0.3 is 0 Å². The minimum atomic E-state index is 1.07. The highest BCUT2D eigenvalue weighted by atomic mass is 15.0. The summed E-state index contributed by atoms with van der Waals surface area (Å²) in [5, 5.41) is 0. The van der Waals surface area contributed by atoms with Gasteiger partial charge in [0.05, 0.1) is 7.05 Å². The largest absolute Gasteiger partial charge is 0.253 e. The number of aryl methyl sites for hydroxylation is 2. The molecule has 9 heavy (non-hydrogen) atoms. The van der Waals surface area contributed by atoms with E-state index in [1.807, 2.05) is 6.20 Å². The van der Waals surface area contributed by atoms with Gasteiger partial charge in [-0.25, -0.2) is 9.55 Å². The molecule has 1 aromatic rings. The molecule has 0 saturated carbocycles. The average Bonchev–Trinajstić information content (AvgIpc) is 2.15. The number of H-pyrrole nitrogens is 1. The first-order chi connectivity index (χ1) is 4.25. The molecule has 1 rings (SSSR count). The molecule has 0 radical (unpaired) electrons. The van der Waals surface area contributed by atoms with Gasteiger partial charge in [0.2, 0.25) is 0 Å². The molecular formula is C7H13N2+. The highest BCUT2D eigenvalue weighted by Gasteiger charge is 2.05. The van der Waals surface area contributed by atoms with E-state index < -0.39 is 0 Å². The maximum absolute atomic E-state index is 3.19. The summed E-state index contributed by atoms with van der Waals surface area (Å²) in [7, 11) is 2.07. The topological polar surface area (TPSA) is 19.7 Å². The molecule has 0 amide bonds. The molecule has 0 atom stereocenters. The Kier molecular flexibility index (Phi) is 1.56. The Morgan fingerprint density at radius 3 is 2.56 bits per heavy atom. The molecule has 1 aromatic heterocycles. The molecule has 50 valence electrons. The molecule has 0 aliphatic rings. The molecule has 2 heteroatoms. The predicted molar refractivity (Wildman–Crippen MR) is 36.1 cm³/mol. The van der Waals surface area contributed by atoms with Crippen molar-refractivity contribution in [3.05, 3.63) is 17.7 Å². The molecular weight excluding hydrogens is 112 g/mol. The molecule has 0 aliphatic carbocycles. The van der Waals surface area contributed by atoms with Crippen LogP contribution >= 0.6 is 0 Å². The first-order valence-corrected chi connectivity index (χ1v) is 3.28. The standard InChI is InChI=1S/C7H12N2/c1-4-7-8-5-6(2)9(7)3/h5H,4H2,1-3H3/p+1. The molecule has 0 aromatic carbocycles. The molecule has 1 heterocycles. The van der Waals surface area contributed by atoms with E-state index in [0.717, 1.165) is 6.42 Å². The Hall–Kier alpha value is -0.790. The van der Waals surface area contributed by atoms with Gasteiger partial charge in [-0.05, 0) is 0 Å². The monoisotopic (exact) mass is 125 g/mol. The second-order valence-corrected chi connectivity index (χ2v) is 2.29. The van der Waals surface area contributed by atoms with Crippen molar-refractivity contribution in [2.24, 2.45) is 7.05 Å². The molecule has 0 aliphatic heterocycles. The van der Waals surface area contributed by atoms with Crippen LogP contribution in [0.2, 0.25) is 0 Å². The van der Waals surface area contributed by atoms with E-state index in [1.165, 1.54) is 11.5 Å². The lowest BCUT2D eigenvalue weighted by Crippen LogP contribution is -2.33. The van der Waals surface area contributed by atoms with Crippen LogP contribution in [0.15, 0.2) is 6.20 Å². The van der Waals surface area contributed by atoms with Crippen molar-refractivity contribution in [3.8, 4) is 0 Å². The van der Waals surface area contributed by atoms with Crippen LogP contribution < -0.4 is 4.57 Å². The van der Waals surface area contributed by atoms with Crippen LogP contribution in [0, 0.1) is 6.92 Å². The van der Waals surface area contributed by atoms with E-state index in [0.29, 0.717) is 0 Å². The van der Waals surface area contributed by atoms with E-state index >= 15 is 0 Å². The number of nitrogens with one attached hydrogen (secondary N) is 1. The fraction of sp³-hybridized carbons (Fsp3) is 0.571. The summed E-state index contributed by atoms with van der Waals surface area (Å²) in [4.78, 5) is 3.19. The first-order valence-electron chi connectivity index (χ1n) is 3.28. The van der Waals surface area contributed by atoms with Crippen molar-refractivity contribution in [2.45, 2.75) is 20.3 Å². The fourth-order valence-corrected chi connectivity index (χ4v) is 0.934. The zero-order chi connectivity index (χ0) is 6.85. The number of rotatable bonds is 1. The van der Waals surface area contributed by atoms with Crippen LogP contribution in [-0.2, 0) is 13.5 Å². The lowest BCUT2D eigenvalue weighted by Gasteiger charge is -1.88. The quantitative estimate of drug-likeness (QED) is 0.533. The molecule has 0 saturated heterocycles. The third kappa shape index (κ3) is 0.969. The summed E-state index contributed by atoms with van der Waals surface area (Å²) in [6.45, 7) is 4.24. The van der Waals surface area contributed by atoms with E-state index in [1.54, 1.807) is 0 Å². The van der Waals surface area contributed by atoms with Crippen LogP contribution in [0.4, 0.5) is 0 Å². The van der Waals surface area contributed by atoms with Gasteiger partial charge in [-0.3, -0.25) is 0 Å². The third-order valence-corrected chi connectivity index (χ3v) is 1.72. The number of aromatic nitrogens is 2. The summed E-state index contributed by atoms with van der Waals surface area (Å²) in [6.07, 6.45) is 3.10. The Balaban J connectivity index is 3.04. The van der Waals surface area contributed by atoms with Crippen molar-refractivity contribution in [1.29, 1.82) is 0 Å². The summed E-state index contributed by atoms with van der Waals surface area (Å²) in [5.41, 5.74) is 1.28. The summed E-state index contributed by atoms with van der Waals surface area (Å²) in [5.74, 6) is 1.28. The lowest BCUT2D eigenvalue weighted by atomic mass is 10.4. The third-order valence-electron chi connectivity index (χ3n) is 1.72. The Morgan fingerprint density at radius 2 is 2.33 bits per heavy atom. The molecule has 0 bridgehead atoms. The van der Waals surface area contributed by atoms with Gasteiger partial charge >= 0.3 is 0 Å². The Bertz CT molecular complexity index is 201. The van der Waals surface area contributed by atoms with Crippen molar-refractivity contribution in [3.63, 3.8) is 0 Å². The van der Waals surface area contributed by atoms with E-state index in [4.69, 9.17) is 0 Å². The van der Waals surface area contributed by atoms with Crippen molar-refractivity contribution in [1.82, 2.24) is 4.98 Å². The predicted octanol–water partition coefficient (Wildman–Crippen LogP) is 0.710. The van der Waals surface area contributed by atoms with Crippen LogP contribution in [-0.4, -0.2) is 4.98 Å². The maximum atomic E-state index is 3.19. The molecule has 2 nitrogen and oxygen atoms in total. The van der Waals surface area contributed by atoms with E-state index in [9.17, 15) is 0 Å². The molecule has 0 fully saturated rings. The van der Waals surface area contributed by atoms with Gasteiger partial charge in [-0.1, -0.05) is 6.92 Å². The van der Waals surface area contributed by atoms with Gasteiger partial charge in [0, 0.05) is 13.3 Å². The summed E-state index contributed by atoms with van der Waals surface area (Å²) < 4.78 is 2.17. The first kappa shape index (κ1) is 6.33. The van der Waals surface area contributed by atoms with Gasteiger partial charge in [-0.2, -0.15) is 0 Å². The summed E-state index contributed by atoms with van der Waals surface area (Å²) >= 11 is 0. The van der Waals surface area contributed by atoms with Gasteiger partial charge in [0.15, 0.2) is 0 Å². The zero-order valence-corrected chi connectivity index (χ0v) is 6.23. The second-order valence-electron chi connectivity index (χ2n) is 2.29. The van der Waals surface area contributed by atoms with Crippen LogP contribution in [0.25, 0.3) is 0 Å². The second kappa shape index (κ2) is 2.21. The lowest BCUT2D eigenvalue weighted by molar-refractivity contribution is -0.683. The number of hydrogen-bond acceptors (Lipinski definition) is 0. The number of nitrogens with zero attached hydrogens (tertiary/aromatic N) is 1. The minimum absolute atomic E-state index is 1.07. The van der Waals surface area contributed by atoms with Crippen molar-refractivity contribution >= 4 is 0 Å². The molecule has 0 spiro atoms. The number of imidazole rings is 1. The fourth-order valence-electron chi connectivity index (χ4n) is 0.934. The molecule has 0 unspecified atom stereocenters. The van der Waals surface area contributed by atoms with Crippen molar-refractivity contribution < 1.29 is 4.57 Å². The number of aromatic amines is 1. The summed E-state index contributed by atoms with van der Waals surface area (Å²) in [6, 6.07) is 0. The smallest absolute Gasteiger partial charge is 0.247 e. The highest BCUT2D eigenvalue weighted by Crippen LogP contribution is 1.90. The highest BCUT2D eigenvalue weighted by molar-refractivity contribution is 4.86. The van der Waals surface area contributed by atoms with Gasteiger partial charge in [0.1, 0.15) is 11.9 Å². The van der Waals surface area contributed by atoms with Crippen LogP contribution in [0.5, 0.6) is 0 Å². The van der Waals surface area contributed by atoms with Crippen LogP contribution in [0.1, 0.15) is 18.4 Å². The van der Waals surface area contributed by atoms with E-state index in [2.05, 4.69) is 30.4 Å². The normalized spacial score (nSPS) is 10.1. The van der Waals surface area contributed by atoms with Crippen molar-refractivity contribution in [2.75, 3.05) is 0 Å².